The fourth-order valence-corrected chi connectivity index (χ4v) is 4.76. The second kappa shape index (κ2) is 20.8. The Morgan fingerprint density at radius 2 is 1.09 bits per heavy atom. The van der Waals surface area contributed by atoms with Crippen molar-refractivity contribution in [3.63, 3.8) is 0 Å². The van der Waals surface area contributed by atoms with Crippen molar-refractivity contribution in [1.82, 2.24) is 10.8 Å². The number of amides is 2. The Balaban J connectivity index is 1.32. The molecule has 3 rings (SSSR count). The van der Waals surface area contributed by atoms with Crippen molar-refractivity contribution in [1.29, 1.82) is 0 Å². The van der Waals surface area contributed by atoms with E-state index in [0.29, 0.717) is 6.42 Å². The standard InChI is InChI=1S/C36H46N2O5/c39-34(25-17-6-4-2-1-3-5-10-18-30-19-11-7-12-20-30)37-33(36(41)38-43-29-32-23-15-9-16-24-32)26-27-35(40)42-28-31-21-13-8-14-22-31/h7-9,11-16,19-24,33H,1-6,10,17-18,25-29H2,(H,37,39)(H,38,41)/t33-/m1/s1. The lowest BCUT2D eigenvalue weighted by atomic mass is 10.0. The van der Waals surface area contributed by atoms with Crippen molar-refractivity contribution < 1.29 is 24.0 Å². The first kappa shape index (κ1) is 33.5. The number of rotatable bonds is 21. The van der Waals surface area contributed by atoms with Crippen molar-refractivity contribution in [2.24, 2.45) is 0 Å². The first-order chi connectivity index (χ1) is 21.1. The number of esters is 1. The van der Waals surface area contributed by atoms with Gasteiger partial charge < -0.3 is 10.1 Å². The molecule has 0 aliphatic heterocycles. The molecule has 0 aliphatic carbocycles. The number of benzene rings is 3. The average molecular weight is 587 g/mol. The highest BCUT2D eigenvalue weighted by atomic mass is 16.6. The van der Waals surface area contributed by atoms with Gasteiger partial charge in [-0.3, -0.25) is 19.2 Å². The van der Waals surface area contributed by atoms with Crippen molar-refractivity contribution in [3.05, 3.63) is 108 Å². The third-order valence-electron chi connectivity index (χ3n) is 7.25. The highest BCUT2D eigenvalue weighted by Gasteiger charge is 2.22. The van der Waals surface area contributed by atoms with Crippen LogP contribution in [0.15, 0.2) is 91.0 Å². The van der Waals surface area contributed by atoms with Gasteiger partial charge in [-0.05, 0) is 42.4 Å². The molecule has 43 heavy (non-hydrogen) atoms. The molecule has 0 unspecified atom stereocenters. The van der Waals surface area contributed by atoms with Gasteiger partial charge in [-0.25, -0.2) is 5.48 Å². The molecule has 0 saturated heterocycles. The smallest absolute Gasteiger partial charge is 0.306 e. The van der Waals surface area contributed by atoms with E-state index in [0.717, 1.165) is 36.8 Å². The maximum atomic E-state index is 12.9. The highest BCUT2D eigenvalue weighted by Crippen LogP contribution is 2.12. The third-order valence-corrected chi connectivity index (χ3v) is 7.25. The normalized spacial score (nSPS) is 11.4. The third kappa shape index (κ3) is 15.2. The van der Waals surface area contributed by atoms with E-state index in [1.165, 1.54) is 37.7 Å². The Bertz CT molecular complexity index is 1190. The molecule has 3 aromatic carbocycles. The van der Waals surface area contributed by atoms with Crippen LogP contribution in [0.25, 0.3) is 0 Å². The molecule has 1 atom stereocenters. The molecular formula is C36H46N2O5. The minimum atomic E-state index is -0.900. The van der Waals surface area contributed by atoms with Gasteiger partial charge in [0, 0.05) is 12.8 Å². The summed E-state index contributed by atoms with van der Waals surface area (Å²) in [5.41, 5.74) is 5.62. The number of nitrogens with one attached hydrogen (secondary N) is 2. The lowest BCUT2D eigenvalue weighted by Gasteiger charge is -2.18. The van der Waals surface area contributed by atoms with E-state index in [1.807, 2.05) is 60.7 Å². The topological polar surface area (TPSA) is 93.7 Å². The molecule has 7 nitrogen and oxygen atoms in total. The number of hydrogen-bond acceptors (Lipinski definition) is 5. The second-order valence-corrected chi connectivity index (χ2v) is 10.9. The summed E-state index contributed by atoms with van der Waals surface area (Å²) in [7, 11) is 0. The van der Waals surface area contributed by atoms with E-state index in [4.69, 9.17) is 9.57 Å². The fraction of sp³-hybridized carbons (Fsp3) is 0.417. The van der Waals surface area contributed by atoms with Gasteiger partial charge in [-0.2, -0.15) is 0 Å². The van der Waals surface area contributed by atoms with Crippen LogP contribution < -0.4 is 10.8 Å². The van der Waals surface area contributed by atoms with Crippen molar-refractivity contribution in [3.8, 4) is 0 Å². The molecule has 0 heterocycles. The molecular weight excluding hydrogens is 540 g/mol. The van der Waals surface area contributed by atoms with Crippen LogP contribution in [0.5, 0.6) is 0 Å². The maximum absolute atomic E-state index is 12.9. The molecule has 3 aromatic rings. The first-order valence-electron chi connectivity index (χ1n) is 15.6. The van der Waals surface area contributed by atoms with Crippen LogP contribution in [0.3, 0.4) is 0 Å². The van der Waals surface area contributed by atoms with Crippen LogP contribution in [-0.4, -0.2) is 23.8 Å². The molecule has 0 bridgehead atoms. The predicted octanol–water partition coefficient (Wildman–Crippen LogP) is 7.00. The number of hydrogen-bond donors (Lipinski definition) is 2. The van der Waals surface area contributed by atoms with Crippen LogP contribution in [0.4, 0.5) is 0 Å². The first-order valence-corrected chi connectivity index (χ1v) is 15.6. The summed E-state index contributed by atoms with van der Waals surface area (Å²) < 4.78 is 5.34. The number of carbonyl (C=O) groups is 3. The minimum absolute atomic E-state index is 0.00473. The fourth-order valence-electron chi connectivity index (χ4n) is 4.76. The minimum Gasteiger partial charge on any atom is -0.461 e. The van der Waals surface area contributed by atoms with Crippen molar-refractivity contribution in [2.75, 3.05) is 0 Å². The Labute approximate surface area is 256 Å². The Kier molecular flexibility index (Phi) is 16.2. The molecule has 0 spiro atoms. The van der Waals surface area contributed by atoms with Gasteiger partial charge in [0.15, 0.2) is 0 Å². The van der Waals surface area contributed by atoms with Gasteiger partial charge in [-0.1, -0.05) is 130 Å². The quantitative estimate of drug-likeness (QED) is 0.0797. The number of ether oxygens (including phenoxy) is 1. The van der Waals surface area contributed by atoms with E-state index in [9.17, 15) is 14.4 Å². The van der Waals surface area contributed by atoms with E-state index in [2.05, 4.69) is 41.1 Å². The SMILES string of the molecule is O=C(CCCCCCCCCCc1ccccc1)N[C@H](CCC(=O)OCc1ccccc1)C(=O)NOCc1ccccc1. The Morgan fingerprint density at radius 1 is 0.581 bits per heavy atom. The molecule has 0 aromatic heterocycles. The summed E-state index contributed by atoms with van der Waals surface area (Å²) in [4.78, 5) is 43.3. The van der Waals surface area contributed by atoms with Gasteiger partial charge in [0.2, 0.25) is 5.91 Å². The zero-order valence-corrected chi connectivity index (χ0v) is 25.2. The number of aryl methyl sites for hydroxylation is 1. The second-order valence-electron chi connectivity index (χ2n) is 10.9. The molecule has 2 amide bonds. The zero-order chi connectivity index (χ0) is 30.4. The predicted molar refractivity (Wildman–Crippen MR) is 168 cm³/mol. The summed E-state index contributed by atoms with van der Waals surface area (Å²) in [5, 5.41) is 2.79. The van der Waals surface area contributed by atoms with E-state index < -0.39 is 17.9 Å². The monoisotopic (exact) mass is 586 g/mol. The largest absolute Gasteiger partial charge is 0.461 e. The summed E-state index contributed by atoms with van der Waals surface area (Å²) in [6.07, 6.45) is 10.5. The molecule has 230 valence electrons. The van der Waals surface area contributed by atoms with Crippen LogP contribution in [0.2, 0.25) is 0 Å². The van der Waals surface area contributed by atoms with E-state index in [-0.39, 0.29) is 32.0 Å². The van der Waals surface area contributed by atoms with Gasteiger partial charge in [0.25, 0.3) is 5.91 Å². The molecule has 0 radical (unpaired) electrons. The molecule has 0 saturated carbocycles. The van der Waals surface area contributed by atoms with E-state index >= 15 is 0 Å². The highest BCUT2D eigenvalue weighted by molar-refractivity contribution is 5.87. The summed E-state index contributed by atoms with van der Waals surface area (Å²) in [6, 6.07) is 28.6. The summed E-state index contributed by atoms with van der Waals surface area (Å²) >= 11 is 0. The summed E-state index contributed by atoms with van der Waals surface area (Å²) in [6.45, 7) is 0.357. The van der Waals surface area contributed by atoms with Gasteiger partial charge in [-0.15, -0.1) is 0 Å². The maximum Gasteiger partial charge on any atom is 0.306 e. The number of hydroxylamine groups is 1. The van der Waals surface area contributed by atoms with Gasteiger partial charge in [0.05, 0.1) is 6.61 Å². The van der Waals surface area contributed by atoms with Crippen LogP contribution in [0.1, 0.15) is 87.3 Å². The van der Waals surface area contributed by atoms with Gasteiger partial charge >= 0.3 is 5.97 Å². The lowest BCUT2D eigenvalue weighted by molar-refractivity contribution is -0.146. The molecule has 7 heteroatoms. The molecule has 0 fully saturated rings. The van der Waals surface area contributed by atoms with Crippen molar-refractivity contribution in [2.45, 2.75) is 96.3 Å². The summed E-state index contributed by atoms with van der Waals surface area (Å²) in [5.74, 6) is -1.13. The van der Waals surface area contributed by atoms with Gasteiger partial charge in [0.1, 0.15) is 12.6 Å². The van der Waals surface area contributed by atoms with Crippen LogP contribution >= 0.6 is 0 Å². The Hall–Kier alpha value is -3.97. The van der Waals surface area contributed by atoms with E-state index in [1.54, 1.807) is 0 Å². The zero-order valence-electron chi connectivity index (χ0n) is 25.2. The van der Waals surface area contributed by atoms with Crippen LogP contribution in [-0.2, 0) is 43.6 Å². The van der Waals surface area contributed by atoms with Crippen molar-refractivity contribution >= 4 is 17.8 Å². The number of unbranched alkanes of at least 4 members (excludes halogenated alkanes) is 7. The average Bonchev–Trinajstić information content (AvgIpc) is 3.04. The molecule has 2 N–H and O–H groups in total. The Morgan fingerprint density at radius 3 is 1.70 bits per heavy atom. The number of carbonyl (C=O) groups excluding carboxylic acids is 3. The van der Waals surface area contributed by atoms with Crippen LogP contribution in [0, 0.1) is 0 Å². The lowest BCUT2D eigenvalue weighted by Crippen LogP contribution is -2.46. The molecule has 0 aliphatic rings.